The standard InChI is InChI=1S/C26H31ClN6O/c1-16-24(17(2)34-32-16)19-7-8-23-22(14-19)26(28,15-18-5-4-6-20(27)13-18)31-25(30-23)29-21-9-11-33(3)12-10-21/h4-8,13-14,21H,9-12,15,28H2,1-3H3,(H2,29,30,31). The quantitative estimate of drug-likeness (QED) is 0.513. The monoisotopic (exact) mass is 478 g/mol. The summed E-state index contributed by atoms with van der Waals surface area (Å²) in [7, 11) is 2.16. The summed E-state index contributed by atoms with van der Waals surface area (Å²) in [6.45, 7) is 5.99. The summed E-state index contributed by atoms with van der Waals surface area (Å²) in [6.07, 6.45) is 2.62. The van der Waals surface area contributed by atoms with Crippen LogP contribution in [0.15, 0.2) is 52.0 Å². The number of likely N-dealkylation sites (tertiary alicyclic amines) is 1. The number of nitrogens with two attached hydrogens (primary N) is 1. The maximum atomic E-state index is 7.15. The van der Waals surface area contributed by atoms with E-state index in [4.69, 9.17) is 26.9 Å². The zero-order valence-corrected chi connectivity index (χ0v) is 20.6. The third-order valence-corrected chi connectivity index (χ3v) is 7.02. The molecule has 0 spiro atoms. The first-order valence-corrected chi connectivity index (χ1v) is 12.1. The number of aliphatic imine (C=N–C) groups is 1. The van der Waals surface area contributed by atoms with E-state index in [9.17, 15) is 0 Å². The molecule has 7 nitrogen and oxygen atoms in total. The Morgan fingerprint density at radius 3 is 2.71 bits per heavy atom. The van der Waals surface area contributed by atoms with Crippen LogP contribution < -0.4 is 16.4 Å². The number of nitrogens with zero attached hydrogens (tertiary/aromatic N) is 3. The predicted octanol–water partition coefficient (Wildman–Crippen LogP) is 4.43. The van der Waals surface area contributed by atoms with Gasteiger partial charge in [0.15, 0.2) is 5.96 Å². The number of hydrogen-bond donors (Lipinski definition) is 3. The SMILES string of the molecule is Cc1noc(C)c1-c1ccc2c(c1)C(N)(Cc1cccc(Cl)c1)NC(=NC1CCN(C)CC1)N2. The minimum absolute atomic E-state index is 0.268. The summed E-state index contributed by atoms with van der Waals surface area (Å²) in [4.78, 5) is 7.36. The maximum Gasteiger partial charge on any atom is 0.197 e. The van der Waals surface area contributed by atoms with Crippen molar-refractivity contribution in [1.82, 2.24) is 15.4 Å². The summed E-state index contributed by atoms with van der Waals surface area (Å²) in [6, 6.07) is 14.4. The van der Waals surface area contributed by atoms with E-state index < -0.39 is 5.66 Å². The second kappa shape index (κ2) is 9.06. The van der Waals surface area contributed by atoms with E-state index in [0.717, 1.165) is 71.3 Å². The Bertz CT molecular complexity index is 1210. The summed E-state index contributed by atoms with van der Waals surface area (Å²) in [5, 5.41) is 11.8. The zero-order valence-electron chi connectivity index (χ0n) is 19.9. The van der Waals surface area contributed by atoms with Crippen molar-refractivity contribution in [2.24, 2.45) is 10.7 Å². The van der Waals surface area contributed by atoms with E-state index in [1.165, 1.54) is 0 Å². The average Bonchev–Trinajstić information content (AvgIpc) is 3.13. The summed E-state index contributed by atoms with van der Waals surface area (Å²) < 4.78 is 5.41. The van der Waals surface area contributed by atoms with Crippen LogP contribution in [0.4, 0.5) is 5.69 Å². The number of hydrogen-bond acceptors (Lipinski definition) is 5. The lowest BCUT2D eigenvalue weighted by Crippen LogP contribution is -2.59. The van der Waals surface area contributed by atoms with E-state index in [1.807, 2.05) is 32.0 Å². The highest BCUT2D eigenvalue weighted by Crippen LogP contribution is 2.37. The Kier molecular flexibility index (Phi) is 6.10. The van der Waals surface area contributed by atoms with Gasteiger partial charge >= 0.3 is 0 Å². The first kappa shape index (κ1) is 22.9. The van der Waals surface area contributed by atoms with Crippen LogP contribution in [0.1, 0.15) is 35.4 Å². The molecule has 1 fully saturated rings. The van der Waals surface area contributed by atoms with Gasteiger partial charge in [-0.15, -0.1) is 0 Å². The number of aryl methyl sites for hydroxylation is 2. The largest absolute Gasteiger partial charge is 0.361 e. The molecule has 1 saturated heterocycles. The Balaban J connectivity index is 1.55. The fourth-order valence-electron chi connectivity index (χ4n) is 4.99. The van der Waals surface area contributed by atoms with E-state index >= 15 is 0 Å². The van der Waals surface area contributed by atoms with Gasteiger partial charge in [0, 0.05) is 28.3 Å². The zero-order chi connectivity index (χ0) is 23.9. The molecule has 8 heteroatoms. The molecule has 1 unspecified atom stereocenters. The fraction of sp³-hybridized carbons (Fsp3) is 0.385. The van der Waals surface area contributed by atoms with Crippen molar-refractivity contribution in [2.75, 3.05) is 25.5 Å². The summed E-state index contributed by atoms with van der Waals surface area (Å²) in [5.74, 6) is 1.51. The summed E-state index contributed by atoms with van der Waals surface area (Å²) in [5.41, 5.74) is 12.1. The molecule has 2 aliphatic rings. The molecular formula is C26H31ClN6O. The van der Waals surface area contributed by atoms with Gasteiger partial charge in [-0.1, -0.05) is 35.0 Å². The normalized spacial score (nSPS) is 22.3. The molecule has 3 heterocycles. The highest BCUT2D eigenvalue weighted by atomic mass is 35.5. The lowest BCUT2D eigenvalue weighted by Gasteiger charge is -2.39. The van der Waals surface area contributed by atoms with Crippen molar-refractivity contribution in [1.29, 1.82) is 0 Å². The molecule has 0 saturated carbocycles. The van der Waals surface area contributed by atoms with Gasteiger partial charge in [-0.05, 0) is 82.2 Å². The number of aromatic nitrogens is 1. The van der Waals surface area contributed by atoms with Crippen LogP contribution in [0.2, 0.25) is 5.02 Å². The van der Waals surface area contributed by atoms with Crippen LogP contribution in [-0.2, 0) is 12.1 Å². The Hall–Kier alpha value is -2.87. The third kappa shape index (κ3) is 4.56. The van der Waals surface area contributed by atoms with Crippen LogP contribution >= 0.6 is 11.6 Å². The Morgan fingerprint density at radius 1 is 1.21 bits per heavy atom. The van der Waals surface area contributed by atoms with Crippen LogP contribution in [0, 0.1) is 13.8 Å². The molecule has 0 bridgehead atoms. The van der Waals surface area contributed by atoms with Crippen molar-refractivity contribution in [2.45, 2.75) is 44.8 Å². The fourth-order valence-corrected chi connectivity index (χ4v) is 5.20. The van der Waals surface area contributed by atoms with Crippen molar-refractivity contribution >= 4 is 23.2 Å². The van der Waals surface area contributed by atoms with Gasteiger partial charge in [-0.2, -0.15) is 0 Å². The third-order valence-electron chi connectivity index (χ3n) is 6.79. The second-order valence-electron chi connectivity index (χ2n) is 9.50. The molecule has 1 atom stereocenters. The van der Waals surface area contributed by atoms with Gasteiger partial charge in [0.05, 0.1) is 11.7 Å². The number of nitrogens with one attached hydrogen (secondary N) is 2. The number of fused-ring (bicyclic) bond motifs is 1. The number of halogens is 1. The molecule has 2 aromatic carbocycles. The molecule has 0 radical (unpaired) electrons. The molecule has 0 amide bonds. The lowest BCUT2D eigenvalue weighted by atomic mass is 9.87. The van der Waals surface area contributed by atoms with E-state index in [2.05, 4.69) is 52.0 Å². The summed E-state index contributed by atoms with van der Waals surface area (Å²) >= 11 is 6.29. The van der Waals surface area contributed by atoms with Gasteiger partial charge in [0.2, 0.25) is 0 Å². The molecule has 1 aromatic heterocycles. The number of rotatable bonds is 4. The predicted molar refractivity (Wildman–Crippen MR) is 137 cm³/mol. The van der Waals surface area contributed by atoms with Gasteiger partial charge < -0.3 is 25.8 Å². The van der Waals surface area contributed by atoms with Crippen molar-refractivity contribution in [3.8, 4) is 11.1 Å². The minimum atomic E-state index is -0.870. The lowest BCUT2D eigenvalue weighted by molar-refractivity contribution is 0.256. The van der Waals surface area contributed by atoms with Gasteiger partial charge in [-0.25, -0.2) is 4.99 Å². The first-order chi connectivity index (χ1) is 16.3. The number of piperidine rings is 1. The number of anilines is 1. The molecule has 0 aliphatic carbocycles. The van der Waals surface area contributed by atoms with Gasteiger partial charge in [-0.3, -0.25) is 0 Å². The molecule has 4 N–H and O–H groups in total. The maximum absolute atomic E-state index is 7.15. The number of benzene rings is 2. The van der Waals surface area contributed by atoms with Crippen molar-refractivity contribution < 1.29 is 4.52 Å². The van der Waals surface area contributed by atoms with Crippen LogP contribution in [0.25, 0.3) is 11.1 Å². The highest BCUT2D eigenvalue weighted by molar-refractivity contribution is 6.30. The molecular weight excluding hydrogens is 448 g/mol. The molecule has 5 rings (SSSR count). The van der Waals surface area contributed by atoms with E-state index in [1.54, 1.807) is 0 Å². The molecule has 178 valence electrons. The van der Waals surface area contributed by atoms with Crippen molar-refractivity contribution in [3.63, 3.8) is 0 Å². The van der Waals surface area contributed by atoms with E-state index in [0.29, 0.717) is 11.4 Å². The molecule has 34 heavy (non-hydrogen) atoms. The van der Waals surface area contributed by atoms with Crippen LogP contribution in [0.5, 0.6) is 0 Å². The van der Waals surface area contributed by atoms with Crippen molar-refractivity contribution in [3.05, 3.63) is 70.1 Å². The number of guanidine groups is 1. The van der Waals surface area contributed by atoms with Crippen LogP contribution in [0.3, 0.4) is 0 Å². The van der Waals surface area contributed by atoms with E-state index in [-0.39, 0.29) is 6.04 Å². The van der Waals surface area contributed by atoms with Gasteiger partial charge in [0.1, 0.15) is 11.4 Å². The minimum Gasteiger partial charge on any atom is -0.361 e. The van der Waals surface area contributed by atoms with Gasteiger partial charge in [0.25, 0.3) is 0 Å². The highest BCUT2D eigenvalue weighted by Gasteiger charge is 2.36. The smallest absolute Gasteiger partial charge is 0.197 e. The topological polar surface area (TPSA) is 91.7 Å². The molecule has 3 aromatic rings. The average molecular weight is 479 g/mol. The second-order valence-corrected chi connectivity index (χ2v) is 9.94. The van der Waals surface area contributed by atoms with Crippen LogP contribution in [-0.4, -0.2) is 42.2 Å². The Labute approximate surface area is 205 Å². The Morgan fingerprint density at radius 2 is 2.00 bits per heavy atom. The first-order valence-electron chi connectivity index (χ1n) is 11.7. The molecule has 2 aliphatic heterocycles.